The van der Waals surface area contributed by atoms with E-state index in [4.69, 9.17) is 18.9 Å². The minimum absolute atomic E-state index is 0.308. The number of nitrogens with zero attached hydrogens (tertiary/aromatic N) is 2. The van der Waals surface area contributed by atoms with Crippen LogP contribution in [0.25, 0.3) is 0 Å². The molecule has 1 N–H and O–H groups in total. The molecule has 32 heavy (non-hydrogen) atoms. The van der Waals surface area contributed by atoms with E-state index in [1.807, 2.05) is 38.1 Å². The summed E-state index contributed by atoms with van der Waals surface area (Å²) in [5.74, 6) is 2.59. The number of benzene rings is 2. The molecule has 0 aliphatic carbocycles. The van der Waals surface area contributed by atoms with Crippen molar-refractivity contribution in [2.24, 2.45) is 0 Å². The van der Waals surface area contributed by atoms with Gasteiger partial charge in [-0.1, -0.05) is 24.3 Å². The minimum atomic E-state index is -0.490. The van der Waals surface area contributed by atoms with Gasteiger partial charge in [0.25, 0.3) is 0 Å². The first kappa shape index (κ1) is 22.9. The molecule has 2 aromatic rings. The highest BCUT2D eigenvalue weighted by Crippen LogP contribution is 2.32. The first-order valence-electron chi connectivity index (χ1n) is 11.4. The van der Waals surface area contributed by atoms with Crippen molar-refractivity contribution in [2.75, 3.05) is 59.3 Å². The van der Waals surface area contributed by atoms with Crippen LogP contribution in [0.3, 0.4) is 0 Å². The van der Waals surface area contributed by atoms with Crippen molar-refractivity contribution in [3.05, 3.63) is 53.1 Å². The number of ether oxygens (including phenoxy) is 4. The molecule has 1 saturated heterocycles. The molecule has 0 spiro atoms. The fourth-order valence-corrected chi connectivity index (χ4v) is 4.23. The zero-order chi connectivity index (χ0) is 22.3. The summed E-state index contributed by atoms with van der Waals surface area (Å²) < 4.78 is 22.3. The van der Waals surface area contributed by atoms with E-state index < -0.39 is 6.10 Å². The molecule has 0 unspecified atom stereocenters. The fraction of sp³-hybridized carbons (Fsp3) is 0.520. The summed E-state index contributed by atoms with van der Waals surface area (Å²) >= 11 is 0. The molecule has 7 nitrogen and oxygen atoms in total. The fourth-order valence-electron chi connectivity index (χ4n) is 4.23. The van der Waals surface area contributed by atoms with Gasteiger partial charge in [0.2, 0.25) is 6.79 Å². The number of β-amino-alcohol motifs (C(OH)–C–C–N with tert-alkyl or cyclic N) is 1. The highest BCUT2D eigenvalue weighted by Gasteiger charge is 2.20. The molecule has 0 radical (unpaired) electrons. The number of rotatable bonds is 10. The first-order valence-corrected chi connectivity index (χ1v) is 11.4. The summed E-state index contributed by atoms with van der Waals surface area (Å²) in [7, 11) is 0. The van der Waals surface area contributed by atoms with Gasteiger partial charge in [-0.2, -0.15) is 0 Å². The van der Waals surface area contributed by atoms with Crippen LogP contribution in [-0.2, 0) is 11.3 Å². The molecule has 1 atom stereocenters. The Kier molecular flexibility index (Phi) is 7.86. The third-order valence-corrected chi connectivity index (χ3v) is 5.97. The number of para-hydroxylation sites is 1. The number of hydrogen-bond donors (Lipinski definition) is 1. The molecule has 174 valence electrons. The van der Waals surface area contributed by atoms with E-state index in [1.165, 1.54) is 5.56 Å². The van der Waals surface area contributed by atoms with E-state index in [9.17, 15) is 5.11 Å². The molecule has 2 heterocycles. The molecule has 2 aliphatic rings. The number of aliphatic hydroxyl groups excluding tert-OH is 1. The van der Waals surface area contributed by atoms with Crippen LogP contribution >= 0.6 is 0 Å². The molecular formula is C25H34N2O5. The van der Waals surface area contributed by atoms with Gasteiger partial charge in [0.15, 0.2) is 11.5 Å². The Bertz CT molecular complexity index is 862. The minimum Gasteiger partial charge on any atom is -0.491 e. The third kappa shape index (κ3) is 6.13. The first-order chi connectivity index (χ1) is 15.6. The van der Waals surface area contributed by atoms with Gasteiger partial charge in [-0.05, 0) is 42.7 Å². The summed E-state index contributed by atoms with van der Waals surface area (Å²) in [6.07, 6.45) is -0.490. The molecule has 0 aromatic heterocycles. The Hall–Kier alpha value is -2.32. The number of aliphatic hydroxyl groups is 1. The van der Waals surface area contributed by atoms with Gasteiger partial charge in [0, 0.05) is 39.3 Å². The summed E-state index contributed by atoms with van der Waals surface area (Å²) in [4.78, 5) is 4.74. The molecule has 4 rings (SSSR count). The highest BCUT2D eigenvalue weighted by molar-refractivity contribution is 5.44. The molecule has 2 aromatic carbocycles. The number of aryl methyl sites for hydroxylation is 2. The maximum atomic E-state index is 10.3. The molecule has 7 heteroatoms. The van der Waals surface area contributed by atoms with E-state index >= 15 is 0 Å². The van der Waals surface area contributed by atoms with Crippen molar-refractivity contribution in [1.82, 2.24) is 9.80 Å². The third-order valence-electron chi connectivity index (χ3n) is 5.97. The van der Waals surface area contributed by atoms with Crippen molar-refractivity contribution in [1.29, 1.82) is 0 Å². The van der Waals surface area contributed by atoms with Gasteiger partial charge in [0.05, 0.1) is 19.3 Å². The lowest BCUT2D eigenvalue weighted by atomic mass is 10.1. The number of piperazine rings is 1. The number of hydrogen-bond acceptors (Lipinski definition) is 7. The van der Waals surface area contributed by atoms with Gasteiger partial charge in [-0.25, -0.2) is 0 Å². The van der Waals surface area contributed by atoms with Crippen LogP contribution in [0, 0.1) is 13.8 Å². The summed E-state index contributed by atoms with van der Waals surface area (Å²) in [6.45, 7) is 11.0. The van der Waals surface area contributed by atoms with Gasteiger partial charge in [-0.3, -0.25) is 9.80 Å². The molecule has 0 amide bonds. The Balaban J connectivity index is 1.10. The second-order valence-electron chi connectivity index (χ2n) is 8.56. The van der Waals surface area contributed by atoms with Gasteiger partial charge < -0.3 is 24.1 Å². The lowest BCUT2D eigenvalue weighted by Gasteiger charge is -2.35. The quantitative estimate of drug-likeness (QED) is 0.568. The molecule has 1 fully saturated rings. The monoisotopic (exact) mass is 442 g/mol. The summed E-state index contributed by atoms with van der Waals surface area (Å²) in [5.41, 5.74) is 3.49. The van der Waals surface area contributed by atoms with Gasteiger partial charge in [-0.15, -0.1) is 0 Å². The normalized spacial score (nSPS) is 17.5. The van der Waals surface area contributed by atoms with Crippen LogP contribution in [0.5, 0.6) is 17.2 Å². The maximum Gasteiger partial charge on any atom is 0.231 e. The molecule has 0 saturated carbocycles. The standard InChI is InChI=1S/C25H34N2O5/c1-19-4-3-5-20(2)25(19)30-13-12-29-17-22(28)16-27-10-8-26(9-11-27)15-21-6-7-23-24(14-21)32-18-31-23/h3-7,14,22,28H,8-13,15-18H2,1-2H3/t22-/m0/s1. The van der Waals surface area contributed by atoms with Crippen LogP contribution in [-0.4, -0.2) is 80.3 Å². The second-order valence-corrected chi connectivity index (χ2v) is 8.56. The van der Waals surface area contributed by atoms with Gasteiger partial charge in [0.1, 0.15) is 12.4 Å². The predicted octanol–water partition coefficient (Wildman–Crippen LogP) is 2.61. The predicted molar refractivity (Wildman–Crippen MR) is 123 cm³/mol. The van der Waals surface area contributed by atoms with Crippen molar-refractivity contribution in [2.45, 2.75) is 26.5 Å². The largest absolute Gasteiger partial charge is 0.491 e. The molecular weight excluding hydrogens is 408 g/mol. The zero-order valence-electron chi connectivity index (χ0n) is 19.1. The van der Waals surface area contributed by atoms with Crippen LogP contribution in [0.2, 0.25) is 0 Å². The van der Waals surface area contributed by atoms with Crippen molar-refractivity contribution in [3.8, 4) is 17.2 Å². The van der Waals surface area contributed by atoms with E-state index in [2.05, 4.69) is 21.9 Å². The second kappa shape index (κ2) is 11.0. The Labute approximate surface area is 190 Å². The van der Waals surface area contributed by atoms with Crippen molar-refractivity contribution >= 4 is 0 Å². The van der Waals surface area contributed by atoms with Crippen LogP contribution in [0.4, 0.5) is 0 Å². The Morgan fingerprint density at radius 2 is 1.66 bits per heavy atom. The van der Waals surface area contributed by atoms with Crippen LogP contribution in [0.15, 0.2) is 36.4 Å². The molecule has 2 aliphatic heterocycles. The van der Waals surface area contributed by atoms with E-state index in [1.54, 1.807) is 0 Å². The molecule has 0 bridgehead atoms. The lowest BCUT2D eigenvalue weighted by molar-refractivity contribution is -0.000526. The average Bonchev–Trinajstić information content (AvgIpc) is 3.25. The van der Waals surface area contributed by atoms with Crippen LogP contribution < -0.4 is 14.2 Å². The van der Waals surface area contributed by atoms with Crippen LogP contribution in [0.1, 0.15) is 16.7 Å². The highest BCUT2D eigenvalue weighted by atomic mass is 16.7. The van der Waals surface area contributed by atoms with E-state index in [0.717, 1.165) is 61.1 Å². The van der Waals surface area contributed by atoms with Crippen molar-refractivity contribution in [3.63, 3.8) is 0 Å². The Morgan fingerprint density at radius 3 is 2.44 bits per heavy atom. The maximum absolute atomic E-state index is 10.3. The average molecular weight is 443 g/mol. The lowest BCUT2D eigenvalue weighted by Crippen LogP contribution is -2.48. The Morgan fingerprint density at radius 1 is 0.938 bits per heavy atom. The van der Waals surface area contributed by atoms with Gasteiger partial charge >= 0.3 is 0 Å². The zero-order valence-corrected chi connectivity index (χ0v) is 19.1. The SMILES string of the molecule is Cc1cccc(C)c1OCCOC[C@@H](O)CN1CCN(Cc2ccc3c(c2)OCO3)CC1. The van der Waals surface area contributed by atoms with E-state index in [-0.39, 0.29) is 0 Å². The summed E-state index contributed by atoms with van der Waals surface area (Å²) in [5, 5.41) is 10.3. The number of fused-ring (bicyclic) bond motifs is 1. The summed E-state index contributed by atoms with van der Waals surface area (Å²) in [6, 6.07) is 12.3. The smallest absolute Gasteiger partial charge is 0.231 e. The topological polar surface area (TPSA) is 63.6 Å². The van der Waals surface area contributed by atoms with Crippen molar-refractivity contribution < 1.29 is 24.1 Å². The van der Waals surface area contributed by atoms with E-state index in [0.29, 0.717) is 33.2 Å².